The van der Waals surface area contributed by atoms with E-state index in [0.717, 1.165) is 56.0 Å². The monoisotopic (exact) mass is 343 g/mol. The van der Waals surface area contributed by atoms with Crippen LogP contribution in [0.25, 0.3) is 0 Å². The Balaban J connectivity index is 2.22. The molecule has 0 aliphatic rings. The predicted molar refractivity (Wildman–Crippen MR) is 87.6 cm³/mol. The summed E-state index contributed by atoms with van der Waals surface area (Å²) < 4.78 is 12.3. The van der Waals surface area contributed by atoms with Gasteiger partial charge < -0.3 is 14.8 Å². The number of rotatable bonds is 11. The Morgan fingerprint density at radius 3 is 2.60 bits per heavy atom. The van der Waals surface area contributed by atoms with E-state index in [1.807, 2.05) is 6.07 Å². The fourth-order valence-electron chi connectivity index (χ4n) is 1.77. The van der Waals surface area contributed by atoms with Crippen molar-refractivity contribution in [1.29, 1.82) is 0 Å². The summed E-state index contributed by atoms with van der Waals surface area (Å²) in [5.74, 6) is 0.917. The Kier molecular flexibility index (Phi) is 9.71. The molecule has 1 aromatic rings. The van der Waals surface area contributed by atoms with Gasteiger partial charge in [-0.2, -0.15) is 0 Å². The maximum absolute atomic E-state index is 5.64. The third-order valence-corrected chi connectivity index (χ3v) is 3.46. The van der Waals surface area contributed by atoms with Gasteiger partial charge in [0.15, 0.2) is 0 Å². The number of nitrogens with one attached hydrogen (secondary N) is 1. The van der Waals surface area contributed by atoms with Crippen LogP contribution < -0.4 is 10.1 Å². The van der Waals surface area contributed by atoms with Gasteiger partial charge in [-0.05, 0) is 59.4 Å². The first kappa shape index (κ1) is 17.5. The van der Waals surface area contributed by atoms with Crippen molar-refractivity contribution in [2.75, 3.05) is 32.9 Å². The third-order valence-electron chi connectivity index (χ3n) is 2.84. The lowest BCUT2D eigenvalue weighted by molar-refractivity contribution is 0.139. The zero-order valence-electron chi connectivity index (χ0n) is 12.6. The van der Waals surface area contributed by atoms with Gasteiger partial charge in [-0.25, -0.2) is 0 Å². The number of ether oxygens (including phenoxy) is 2. The molecule has 0 fully saturated rings. The summed E-state index contributed by atoms with van der Waals surface area (Å²) in [5, 5.41) is 3.32. The second-order valence-corrected chi connectivity index (χ2v) is 5.58. The maximum Gasteiger partial charge on any atom is 0.133 e. The van der Waals surface area contributed by atoms with Crippen molar-refractivity contribution in [3.63, 3.8) is 0 Å². The molecule has 0 aliphatic heterocycles. The fourth-order valence-corrected chi connectivity index (χ4v) is 2.31. The van der Waals surface area contributed by atoms with Crippen LogP contribution in [0.3, 0.4) is 0 Å². The van der Waals surface area contributed by atoms with E-state index in [1.54, 1.807) is 0 Å². The van der Waals surface area contributed by atoms with Crippen LogP contribution in [0.2, 0.25) is 0 Å². The summed E-state index contributed by atoms with van der Waals surface area (Å²) in [6.07, 6.45) is 3.12. The average molecular weight is 344 g/mol. The minimum Gasteiger partial charge on any atom is -0.492 e. The Labute approximate surface area is 131 Å². The number of benzene rings is 1. The lowest BCUT2D eigenvalue weighted by atomic mass is 10.1. The van der Waals surface area contributed by atoms with Crippen molar-refractivity contribution in [1.82, 2.24) is 5.32 Å². The molecular formula is C16H26BrNO2. The summed E-state index contributed by atoms with van der Waals surface area (Å²) >= 11 is 3.55. The molecule has 0 heterocycles. The van der Waals surface area contributed by atoms with Gasteiger partial charge in [-0.1, -0.05) is 19.9 Å². The van der Waals surface area contributed by atoms with Crippen molar-refractivity contribution >= 4 is 15.9 Å². The molecule has 0 atom stereocenters. The van der Waals surface area contributed by atoms with Crippen molar-refractivity contribution in [3.8, 4) is 5.75 Å². The molecule has 0 saturated carbocycles. The van der Waals surface area contributed by atoms with Crippen molar-refractivity contribution in [2.45, 2.75) is 33.1 Å². The van der Waals surface area contributed by atoms with Gasteiger partial charge in [0.2, 0.25) is 0 Å². The standard InChI is InChI=1S/C16H26BrNO2/c1-3-8-18-9-12-19-11-7-14-5-6-16(15(17)13-14)20-10-4-2/h5-6,13,18H,3-4,7-12H2,1-2H3. The van der Waals surface area contributed by atoms with Gasteiger partial charge >= 0.3 is 0 Å². The third kappa shape index (κ3) is 7.27. The zero-order chi connectivity index (χ0) is 14.6. The lowest BCUT2D eigenvalue weighted by Gasteiger charge is -2.09. The van der Waals surface area contributed by atoms with Gasteiger partial charge in [0.25, 0.3) is 0 Å². The first-order valence-corrected chi connectivity index (χ1v) is 8.27. The molecule has 0 saturated heterocycles. The molecule has 1 N–H and O–H groups in total. The van der Waals surface area contributed by atoms with E-state index in [2.05, 4.69) is 47.2 Å². The van der Waals surface area contributed by atoms with E-state index in [-0.39, 0.29) is 0 Å². The summed E-state index contributed by atoms with van der Waals surface area (Å²) in [6, 6.07) is 6.25. The van der Waals surface area contributed by atoms with E-state index in [4.69, 9.17) is 9.47 Å². The molecule has 0 aromatic heterocycles. The highest BCUT2D eigenvalue weighted by Crippen LogP contribution is 2.26. The molecule has 0 spiro atoms. The van der Waals surface area contributed by atoms with E-state index < -0.39 is 0 Å². The van der Waals surface area contributed by atoms with Crippen molar-refractivity contribution in [3.05, 3.63) is 28.2 Å². The number of hydrogen-bond acceptors (Lipinski definition) is 3. The lowest BCUT2D eigenvalue weighted by Crippen LogP contribution is -2.20. The molecule has 1 aromatic carbocycles. The average Bonchev–Trinajstić information content (AvgIpc) is 2.45. The van der Waals surface area contributed by atoms with Gasteiger partial charge in [0.05, 0.1) is 24.3 Å². The van der Waals surface area contributed by atoms with Gasteiger partial charge in [0.1, 0.15) is 5.75 Å². The Bertz CT molecular complexity index is 371. The topological polar surface area (TPSA) is 30.5 Å². The quantitative estimate of drug-likeness (QED) is 0.620. The van der Waals surface area contributed by atoms with Crippen LogP contribution >= 0.6 is 15.9 Å². The van der Waals surface area contributed by atoms with Crippen LogP contribution in [0.1, 0.15) is 32.3 Å². The van der Waals surface area contributed by atoms with Gasteiger partial charge in [-0.3, -0.25) is 0 Å². The summed E-state index contributed by atoms with van der Waals surface area (Å²) in [6.45, 7) is 8.56. The molecule has 0 bridgehead atoms. The second kappa shape index (κ2) is 11.1. The predicted octanol–water partition coefficient (Wildman–Crippen LogP) is 3.80. The van der Waals surface area contributed by atoms with Gasteiger partial charge in [0, 0.05) is 6.54 Å². The van der Waals surface area contributed by atoms with E-state index in [1.165, 1.54) is 12.0 Å². The second-order valence-electron chi connectivity index (χ2n) is 4.73. The number of hydrogen-bond donors (Lipinski definition) is 1. The normalized spacial score (nSPS) is 10.8. The molecule has 114 valence electrons. The summed E-state index contributed by atoms with van der Waals surface area (Å²) in [7, 11) is 0. The highest BCUT2D eigenvalue weighted by molar-refractivity contribution is 9.10. The van der Waals surface area contributed by atoms with Crippen LogP contribution in [0.5, 0.6) is 5.75 Å². The van der Waals surface area contributed by atoms with E-state index in [0.29, 0.717) is 0 Å². The van der Waals surface area contributed by atoms with Crippen LogP contribution in [0.15, 0.2) is 22.7 Å². The highest BCUT2D eigenvalue weighted by atomic mass is 79.9. The molecule has 0 unspecified atom stereocenters. The Morgan fingerprint density at radius 1 is 1.05 bits per heavy atom. The first-order valence-electron chi connectivity index (χ1n) is 7.47. The summed E-state index contributed by atoms with van der Waals surface area (Å²) in [5.41, 5.74) is 1.27. The number of halogens is 1. The van der Waals surface area contributed by atoms with E-state index in [9.17, 15) is 0 Å². The molecule has 0 amide bonds. The van der Waals surface area contributed by atoms with Crippen LogP contribution in [0.4, 0.5) is 0 Å². The van der Waals surface area contributed by atoms with Crippen LogP contribution in [-0.2, 0) is 11.2 Å². The molecule has 20 heavy (non-hydrogen) atoms. The summed E-state index contributed by atoms with van der Waals surface area (Å²) in [4.78, 5) is 0. The zero-order valence-corrected chi connectivity index (χ0v) is 14.2. The Morgan fingerprint density at radius 2 is 1.90 bits per heavy atom. The molecule has 3 nitrogen and oxygen atoms in total. The first-order chi connectivity index (χ1) is 9.77. The highest BCUT2D eigenvalue weighted by Gasteiger charge is 2.02. The van der Waals surface area contributed by atoms with Crippen LogP contribution in [-0.4, -0.2) is 32.9 Å². The van der Waals surface area contributed by atoms with Crippen molar-refractivity contribution < 1.29 is 9.47 Å². The maximum atomic E-state index is 5.64. The SMILES string of the molecule is CCCNCCOCCc1ccc(OCCC)c(Br)c1. The van der Waals surface area contributed by atoms with E-state index >= 15 is 0 Å². The van der Waals surface area contributed by atoms with Crippen molar-refractivity contribution in [2.24, 2.45) is 0 Å². The molecule has 0 radical (unpaired) electrons. The molecule has 1 rings (SSSR count). The van der Waals surface area contributed by atoms with Crippen LogP contribution in [0, 0.1) is 0 Å². The molecular weight excluding hydrogens is 318 g/mol. The smallest absolute Gasteiger partial charge is 0.133 e. The minimum absolute atomic E-state index is 0.756. The minimum atomic E-state index is 0.756. The van der Waals surface area contributed by atoms with Gasteiger partial charge in [-0.15, -0.1) is 0 Å². The largest absolute Gasteiger partial charge is 0.492 e. The molecule has 4 heteroatoms. The molecule has 0 aliphatic carbocycles. The Hall–Kier alpha value is -0.580. The fraction of sp³-hybridized carbons (Fsp3) is 0.625.